The molecule has 1 fully saturated rings. The number of rotatable bonds is 5. The zero-order valence-electron chi connectivity index (χ0n) is 13.6. The quantitative estimate of drug-likeness (QED) is 0.786. The summed E-state index contributed by atoms with van der Waals surface area (Å²) in [6.07, 6.45) is 1.90. The van der Waals surface area contributed by atoms with Gasteiger partial charge in [0.25, 0.3) is 0 Å². The number of likely N-dealkylation sites (tertiary alicyclic amines) is 1. The van der Waals surface area contributed by atoms with Gasteiger partial charge in [-0.2, -0.15) is 0 Å². The van der Waals surface area contributed by atoms with Crippen molar-refractivity contribution in [3.8, 4) is 0 Å². The van der Waals surface area contributed by atoms with Crippen LogP contribution in [-0.2, 0) is 14.3 Å². The molecule has 0 bridgehead atoms. The maximum Gasteiger partial charge on any atom is 0.409 e. The average molecular weight is 300 g/mol. The van der Waals surface area contributed by atoms with E-state index in [1.54, 1.807) is 4.90 Å². The molecule has 1 aliphatic rings. The van der Waals surface area contributed by atoms with Crippen LogP contribution in [0.4, 0.5) is 4.79 Å². The highest BCUT2D eigenvalue weighted by Crippen LogP contribution is 2.12. The summed E-state index contributed by atoms with van der Waals surface area (Å²) in [6, 6.07) is 0.345. The lowest BCUT2D eigenvalue weighted by molar-refractivity contribution is -0.154. The Hall–Kier alpha value is -1.30. The first kappa shape index (κ1) is 17.8. The van der Waals surface area contributed by atoms with Gasteiger partial charge >= 0.3 is 12.1 Å². The van der Waals surface area contributed by atoms with Gasteiger partial charge in [0.2, 0.25) is 0 Å². The minimum absolute atomic E-state index is 0.182. The molecule has 0 spiro atoms. The standard InChI is InChI=1S/C15H28N2O4/c1-5-20-14(19)17-10-7-12(8-11-17)16-9-6-13(18)21-15(2,3)4/h12,16H,5-11H2,1-4H3. The third-order valence-corrected chi connectivity index (χ3v) is 3.20. The van der Waals surface area contributed by atoms with Crippen LogP contribution < -0.4 is 5.32 Å². The summed E-state index contributed by atoms with van der Waals surface area (Å²) < 4.78 is 10.2. The number of nitrogens with zero attached hydrogens (tertiary/aromatic N) is 1. The molecule has 0 saturated carbocycles. The highest BCUT2D eigenvalue weighted by atomic mass is 16.6. The van der Waals surface area contributed by atoms with Crippen molar-refractivity contribution in [3.05, 3.63) is 0 Å². The van der Waals surface area contributed by atoms with Crippen molar-refractivity contribution in [2.45, 2.75) is 58.6 Å². The van der Waals surface area contributed by atoms with Crippen LogP contribution in [0, 0.1) is 0 Å². The summed E-state index contributed by atoms with van der Waals surface area (Å²) >= 11 is 0. The Morgan fingerprint density at radius 1 is 1.24 bits per heavy atom. The highest BCUT2D eigenvalue weighted by molar-refractivity contribution is 5.70. The van der Waals surface area contributed by atoms with E-state index in [2.05, 4.69) is 5.32 Å². The first-order valence-corrected chi connectivity index (χ1v) is 7.68. The predicted octanol–water partition coefficient (Wildman–Crippen LogP) is 1.93. The molecule has 1 aliphatic heterocycles. The molecule has 0 unspecified atom stereocenters. The second kappa shape index (κ2) is 8.22. The van der Waals surface area contributed by atoms with Gasteiger partial charge in [-0.15, -0.1) is 0 Å². The molecule has 1 N–H and O–H groups in total. The molecular weight excluding hydrogens is 272 g/mol. The summed E-state index contributed by atoms with van der Waals surface area (Å²) in [5.41, 5.74) is -0.429. The van der Waals surface area contributed by atoms with Crippen molar-refractivity contribution in [1.29, 1.82) is 0 Å². The van der Waals surface area contributed by atoms with E-state index in [0.29, 0.717) is 38.7 Å². The number of hydrogen-bond donors (Lipinski definition) is 1. The van der Waals surface area contributed by atoms with Gasteiger partial charge in [0.15, 0.2) is 0 Å². The molecule has 0 atom stereocenters. The van der Waals surface area contributed by atoms with Crippen LogP contribution in [0.25, 0.3) is 0 Å². The second-order valence-electron chi connectivity index (χ2n) is 6.25. The molecule has 1 amide bonds. The van der Waals surface area contributed by atoms with Crippen molar-refractivity contribution in [1.82, 2.24) is 10.2 Å². The fraction of sp³-hybridized carbons (Fsp3) is 0.867. The van der Waals surface area contributed by atoms with E-state index in [9.17, 15) is 9.59 Å². The Morgan fingerprint density at radius 2 is 1.86 bits per heavy atom. The van der Waals surface area contributed by atoms with Gasteiger partial charge in [0.05, 0.1) is 13.0 Å². The molecule has 0 aromatic rings. The number of piperidine rings is 1. The van der Waals surface area contributed by atoms with E-state index in [1.807, 2.05) is 27.7 Å². The SMILES string of the molecule is CCOC(=O)N1CCC(NCCC(=O)OC(C)(C)C)CC1. The first-order valence-electron chi connectivity index (χ1n) is 7.68. The van der Waals surface area contributed by atoms with Gasteiger partial charge in [-0.25, -0.2) is 4.79 Å². The normalized spacial score (nSPS) is 16.7. The Bertz CT molecular complexity index is 344. The summed E-state index contributed by atoms with van der Waals surface area (Å²) in [5.74, 6) is -0.182. The van der Waals surface area contributed by atoms with E-state index < -0.39 is 5.60 Å². The molecular formula is C15H28N2O4. The zero-order chi connectivity index (χ0) is 15.9. The Labute approximate surface area is 127 Å². The lowest BCUT2D eigenvalue weighted by atomic mass is 10.1. The predicted molar refractivity (Wildman–Crippen MR) is 80.1 cm³/mol. The lowest BCUT2D eigenvalue weighted by Crippen LogP contribution is -2.45. The summed E-state index contributed by atoms with van der Waals surface area (Å²) in [7, 11) is 0. The number of amides is 1. The highest BCUT2D eigenvalue weighted by Gasteiger charge is 2.23. The minimum Gasteiger partial charge on any atom is -0.460 e. The molecule has 0 aromatic carbocycles. The molecule has 0 radical (unpaired) electrons. The zero-order valence-corrected chi connectivity index (χ0v) is 13.6. The maximum absolute atomic E-state index is 11.6. The van der Waals surface area contributed by atoms with Crippen LogP contribution in [0.5, 0.6) is 0 Å². The number of nitrogens with one attached hydrogen (secondary N) is 1. The molecule has 1 heterocycles. The number of ether oxygens (including phenoxy) is 2. The second-order valence-corrected chi connectivity index (χ2v) is 6.25. The van der Waals surface area contributed by atoms with Gasteiger partial charge in [0, 0.05) is 25.7 Å². The van der Waals surface area contributed by atoms with Crippen LogP contribution in [0.1, 0.15) is 47.0 Å². The third-order valence-electron chi connectivity index (χ3n) is 3.20. The summed E-state index contributed by atoms with van der Waals surface area (Å²) in [5, 5.41) is 3.35. The van der Waals surface area contributed by atoms with Gasteiger partial charge in [-0.3, -0.25) is 4.79 Å². The van der Waals surface area contributed by atoms with Crippen LogP contribution in [-0.4, -0.2) is 54.8 Å². The molecule has 122 valence electrons. The van der Waals surface area contributed by atoms with Gasteiger partial charge < -0.3 is 19.7 Å². The number of esters is 1. The number of carbonyl (C=O) groups is 2. The Morgan fingerprint density at radius 3 is 2.38 bits per heavy atom. The van der Waals surface area contributed by atoms with Gasteiger partial charge in [-0.1, -0.05) is 0 Å². The summed E-state index contributed by atoms with van der Waals surface area (Å²) in [6.45, 7) is 9.82. The molecule has 6 nitrogen and oxygen atoms in total. The van der Waals surface area contributed by atoms with Crippen LogP contribution in [0.15, 0.2) is 0 Å². The monoisotopic (exact) mass is 300 g/mol. The van der Waals surface area contributed by atoms with Crippen LogP contribution in [0.2, 0.25) is 0 Å². The van der Waals surface area contributed by atoms with Crippen molar-refractivity contribution in [2.75, 3.05) is 26.2 Å². The van der Waals surface area contributed by atoms with Gasteiger partial charge in [0.1, 0.15) is 5.60 Å². The van der Waals surface area contributed by atoms with E-state index in [1.165, 1.54) is 0 Å². The first-order chi connectivity index (χ1) is 9.81. The van der Waals surface area contributed by atoms with Crippen molar-refractivity contribution in [2.24, 2.45) is 0 Å². The fourth-order valence-electron chi connectivity index (χ4n) is 2.25. The molecule has 1 rings (SSSR count). The summed E-state index contributed by atoms with van der Waals surface area (Å²) in [4.78, 5) is 24.9. The molecule has 21 heavy (non-hydrogen) atoms. The molecule has 1 saturated heterocycles. The van der Waals surface area contributed by atoms with E-state index >= 15 is 0 Å². The molecule has 6 heteroatoms. The van der Waals surface area contributed by atoms with E-state index in [-0.39, 0.29) is 12.1 Å². The van der Waals surface area contributed by atoms with E-state index in [0.717, 1.165) is 12.8 Å². The number of carbonyl (C=O) groups excluding carboxylic acids is 2. The van der Waals surface area contributed by atoms with Crippen molar-refractivity contribution >= 4 is 12.1 Å². The van der Waals surface area contributed by atoms with Gasteiger partial charge in [-0.05, 0) is 40.5 Å². The number of hydrogen-bond acceptors (Lipinski definition) is 5. The lowest BCUT2D eigenvalue weighted by Gasteiger charge is -2.31. The fourth-order valence-corrected chi connectivity index (χ4v) is 2.25. The topological polar surface area (TPSA) is 67.9 Å². The Balaban J connectivity index is 2.16. The third kappa shape index (κ3) is 7.32. The van der Waals surface area contributed by atoms with Crippen LogP contribution in [0.3, 0.4) is 0 Å². The smallest absolute Gasteiger partial charge is 0.409 e. The van der Waals surface area contributed by atoms with Crippen LogP contribution >= 0.6 is 0 Å². The average Bonchev–Trinajstić information content (AvgIpc) is 2.37. The van der Waals surface area contributed by atoms with Crippen molar-refractivity contribution in [3.63, 3.8) is 0 Å². The Kier molecular flexibility index (Phi) is 6.95. The minimum atomic E-state index is -0.429. The maximum atomic E-state index is 11.6. The van der Waals surface area contributed by atoms with Crippen molar-refractivity contribution < 1.29 is 19.1 Å². The largest absolute Gasteiger partial charge is 0.460 e. The molecule has 0 aliphatic carbocycles. The van der Waals surface area contributed by atoms with E-state index in [4.69, 9.17) is 9.47 Å². The molecule has 0 aromatic heterocycles.